The fourth-order valence-electron chi connectivity index (χ4n) is 1.08. The highest BCUT2D eigenvalue weighted by molar-refractivity contribution is 5.75. The van der Waals surface area contributed by atoms with E-state index in [0.717, 1.165) is 0 Å². The maximum Gasteiger partial charge on any atom is 0.325 e. The molecule has 1 heterocycles. The molecule has 4 nitrogen and oxygen atoms in total. The molecule has 0 spiro atoms. The molecule has 0 aromatic rings. The molecule has 1 aliphatic rings. The molecule has 0 N–H and O–H groups in total. The summed E-state index contributed by atoms with van der Waals surface area (Å²) in [4.78, 5) is 17.1. The third kappa shape index (κ3) is 2.14. The minimum absolute atomic E-state index is 0.0515. The first-order valence-corrected chi connectivity index (χ1v) is 4.44. The van der Waals surface area contributed by atoms with E-state index >= 15 is 0 Å². The van der Waals surface area contributed by atoms with Gasteiger partial charge in [0.2, 0.25) is 0 Å². The number of amides is 2. The van der Waals surface area contributed by atoms with Gasteiger partial charge in [-0.2, -0.15) is 0 Å². The fraction of sp³-hybridized carbons (Fsp3) is 0.667. The molecule has 0 aliphatic carbocycles. The van der Waals surface area contributed by atoms with Gasteiger partial charge in [-0.1, -0.05) is 0 Å². The monoisotopic (exact) mass is 183 g/mol. The van der Waals surface area contributed by atoms with Crippen LogP contribution in [0.5, 0.6) is 0 Å². The summed E-state index contributed by atoms with van der Waals surface area (Å²) in [5, 5.41) is 0. The van der Waals surface area contributed by atoms with Gasteiger partial charge in [0.15, 0.2) is 0 Å². The van der Waals surface area contributed by atoms with Gasteiger partial charge >= 0.3 is 6.03 Å². The SMILES string of the molecule is CC(C)N(C)C(=O)N1C=CN(C)C1. The molecular weight excluding hydrogens is 166 g/mol. The van der Waals surface area contributed by atoms with E-state index in [1.165, 1.54) is 0 Å². The summed E-state index contributed by atoms with van der Waals surface area (Å²) >= 11 is 0. The number of hydrogen-bond donors (Lipinski definition) is 0. The number of nitrogens with zero attached hydrogens (tertiary/aromatic N) is 3. The molecule has 1 rings (SSSR count). The summed E-state index contributed by atoms with van der Waals surface area (Å²) in [7, 11) is 3.76. The third-order valence-electron chi connectivity index (χ3n) is 2.20. The summed E-state index contributed by atoms with van der Waals surface area (Å²) in [5.41, 5.74) is 0. The van der Waals surface area contributed by atoms with Crippen molar-refractivity contribution in [1.82, 2.24) is 14.7 Å². The normalized spacial score (nSPS) is 15.8. The summed E-state index contributed by atoms with van der Waals surface area (Å²) < 4.78 is 0. The molecular formula is C9H17N3O. The maximum absolute atomic E-state index is 11.7. The molecule has 2 amide bonds. The second-order valence-corrected chi connectivity index (χ2v) is 3.65. The molecule has 0 saturated heterocycles. The van der Waals surface area contributed by atoms with Gasteiger partial charge < -0.3 is 9.80 Å². The third-order valence-corrected chi connectivity index (χ3v) is 2.20. The van der Waals surface area contributed by atoms with Crippen LogP contribution < -0.4 is 0 Å². The van der Waals surface area contributed by atoms with E-state index in [4.69, 9.17) is 0 Å². The Morgan fingerprint density at radius 2 is 2.08 bits per heavy atom. The zero-order chi connectivity index (χ0) is 10.0. The largest absolute Gasteiger partial charge is 0.361 e. The number of rotatable bonds is 1. The van der Waals surface area contributed by atoms with Crippen LogP contribution >= 0.6 is 0 Å². The highest BCUT2D eigenvalue weighted by Crippen LogP contribution is 2.08. The Balaban J connectivity index is 2.54. The topological polar surface area (TPSA) is 26.8 Å². The maximum atomic E-state index is 11.7. The van der Waals surface area contributed by atoms with Crippen molar-refractivity contribution in [3.8, 4) is 0 Å². The number of urea groups is 1. The highest BCUT2D eigenvalue weighted by Gasteiger charge is 2.21. The molecule has 4 heteroatoms. The first-order chi connectivity index (χ1) is 6.02. The van der Waals surface area contributed by atoms with Gasteiger partial charge in [-0.05, 0) is 13.8 Å². The van der Waals surface area contributed by atoms with Crippen LogP contribution in [0.4, 0.5) is 4.79 Å². The molecule has 1 aliphatic heterocycles. The van der Waals surface area contributed by atoms with E-state index in [0.29, 0.717) is 6.67 Å². The Morgan fingerprint density at radius 1 is 1.46 bits per heavy atom. The van der Waals surface area contributed by atoms with Crippen LogP contribution in [0.1, 0.15) is 13.8 Å². The molecule has 0 fully saturated rings. The first kappa shape index (κ1) is 9.89. The molecule has 0 radical (unpaired) electrons. The van der Waals surface area contributed by atoms with Crippen molar-refractivity contribution in [1.29, 1.82) is 0 Å². The summed E-state index contributed by atoms with van der Waals surface area (Å²) in [6.45, 7) is 4.65. The van der Waals surface area contributed by atoms with Crippen LogP contribution in [0, 0.1) is 0 Å². The van der Waals surface area contributed by atoms with Crippen LogP contribution in [-0.4, -0.2) is 47.5 Å². The quantitative estimate of drug-likeness (QED) is 0.609. The van der Waals surface area contributed by atoms with E-state index < -0.39 is 0 Å². The molecule has 0 unspecified atom stereocenters. The van der Waals surface area contributed by atoms with Crippen LogP contribution in [0.3, 0.4) is 0 Å². The van der Waals surface area contributed by atoms with Gasteiger partial charge in [0, 0.05) is 32.5 Å². The van der Waals surface area contributed by atoms with Crippen molar-refractivity contribution < 1.29 is 4.79 Å². The lowest BCUT2D eigenvalue weighted by Gasteiger charge is -2.26. The predicted octanol–water partition coefficient (Wildman–Crippen LogP) is 1.12. The number of carbonyl (C=O) groups is 1. The summed E-state index contributed by atoms with van der Waals surface area (Å²) in [5.74, 6) is 0. The van der Waals surface area contributed by atoms with Gasteiger partial charge in [-0.3, -0.25) is 4.90 Å². The molecule has 74 valence electrons. The first-order valence-electron chi connectivity index (χ1n) is 4.44. The van der Waals surface area contributed by atoms with E-state index in [9.17, 15) is 4.79 Å². The zero-order valence-electron chi connectivity index (χ0n) is 8.69. The lowest BCUT2D eigenvalue weighted by atomic mass is 10.3. The van der Waals surface area contributed by atoms with E-state index in [1.54, 1.807) is 16.0 Å². The summed E-state index contributed by atoms with van der Waals surface area (Å²) in [6.07, 6.45) is 3.70. The minimum atomic E-state index is 0.0515. The molecule has 0 aromatic heterocycles. The highest BCUT2D eigenvalue weighted by atomic mass is 16.2. The van der Waals surface area contributed by atoms with Crippen molar-refractivity contribution in [3.63, 3.8) is 0 Å². The van der Waals surface area contributed by atoms with Crippen molar-refractivity contribution in [2.45, 2.75) is 19.9 Å². The van der Waals surface area contributed by atoms with Gasteiger partial charge in [0.25, 0.3) is 0 Å². The fourth-order valence-corrected chi connectivity index (χ4v) is 1.08. The van der Waals surface area contributed by atoms with Crippen LogP contribution in [-0.2, 0) is 0 Å². The molecule has 0 atom stereocenters. The second kappa shape index (κ2) is 3.68. The Bertz CT molecular complexity index is 225. The predicted molar refractivity (Wildman–Crippen MR) is 51.9 cm³/mol. The van der Waals surface area contributed by atoms with Gasteiger partial charge in [-0.25, -0.2) is 4.79 Å². The Kier molecular flexibility index (Phi) is 2.80. The van der Waals surface area contributed by atoms with Crippen molar-refractivity contribution >= 4 is 6.03 Å². The molecule has 13 heavy (non-hydrogen) atoms. The van der Waals surface area contributed by atoms with E-state index in [1.807, 2.05) is 39.0 Å². The molecule has 0 aromatic carbocycles. The van der Waals surface area contributed by atoms with E-state index in [-0.39, 0.29) is 12.1 Å². The lowest BCUT2D eigenvalue weighted by molar-refractivity contribution is 0.162. The van der Waals surface area contributed by atoms with Crippen LogP contribution in [0.2, 0.25) is 0 Å². The second-order valence-electron chi connectivity index (χ2n) is 3.65. The smallest absolute Gasteiger partial charge is 0.325 e. The average Bonchev–Trinajstić information content (AvgIpc) is 2.49. The van der Waals surface area contributed by atoms with Crippen molar-refractivity contribution in [2.24, 2.45) is 0 Å². The molecule has 0 saturated carbocycles. The van der Waals surface area contributed by atoms with E-state index in [2.05, 4.69) is 0 Å². The standard InChI is InChI=1S/C9H17N3O/c1-8(2)11(4)9(13)12-6-5-10(3)7-12/h5-6,8H,7H2,1-4H3. The van der Waals surface area contributed by atoms with Crippen molar-refractivity contribution in [3.05, 3.63) is 12.4 Å². The molecule has 0 bridgehead atoms. The number of carbonyl (C=O) groups excluding carboxylic acids is 1. The van der Waals surface area contributed by atoms with Gasteiger partial charge in [0.1, 0.15) is 0 Å². The van der Waals surface area contributed by atoms with Crippen LogP contribution in [0.15, 0.2) is 12.4 Å². The Morgan fingerprint density at radius 3 is 2.46 bits per heavy atom. The zero-order valence-corrected chi connectivity index (χ0v) is 8.69. The number of hydrogen-bond acceptors (Lipinski definition) is 2. The van der Waals surface area contributed by atoms with Crippen molar-refractivity contribution in [2.75, 3.05) is 20.8 Å². The lowest BCUT2D eigenvalue weighted by Crippen LogP contribution is -2.42. The van der Waals surface area contributed by atoms with Gasteiger partial charge in [0.05, 0.1) is 6.67 Å². The van der Waals surface area contributed by atoms with Gasteiger partial charge in [-0.15, -0.1) is 0 Å². The Hall–Kier alpha value is -1.19. The summed E-state index contributed by atoms with van der Waals surface area (Å²) in [6, 6.07) is 0.294. The van der Waals surface area contributed by atoms with Crippen LogP contribution in [0.25, 0.3) is 0 Å². The Labute approximate surface area is 79.4 Å². The minimum Gasteiger partial charge on any atom is -0.361 e. The average molecular weight is 183 g/mol.